The number of likely N-dealkylation sites (N-methyl/N-ethyl adjacent to an activating group) is 1. The van der Waals surface area contributed by atoms with Gasteiger partial charge in [-0.1, -0.05) is 46.6 Å². The van der Waals surface area contributed by atoms with Crippen LogP contribution >= 0.6 is 0 Å². The van der Waals surface area contributed by atoms with Crippen LogP contribution in [0, 0.1) is 0 Å². The maximum absolute atomic E-state index is 11.2. The highest BCUT2D eigenvalue weighted by Gasteiger charge is 2.31. The van der Waals surface area contributed by atoms with Crippen molar-refractivity contribution in [2.75, 3.05) is 7.05 Å². The van der Waals surface area contributed by atoms with Crippen molar-refractivity contribution >= 4 is 11.8 Å². The highest BCUT2D eigenvalue weighted by atomic mass is 16.2. The first-order valence-electron chi connectivity index (χ1n) is 4.45. The highest BCUT2D eigenvalue weighted by Crippen LogP contribution is 2.20. The van der Waals surface area contributed by atoms with Crippen LogP contribution in [0.25, 0.3) is 0 Å². The van der Waals surface area contributed by atoms with E-state index >= 15 is 0 Å². The number of hydrogen-bond donors (Lipinski definition) is 0. The second-order valence-electron chi connectivity index (χ2n) is 2.40. The number of nitrogens with zero attached hydrogens (tertiary/aromatic N) is 1. The molecule has 0 bridgehead atoms. The lowest BCUT2D eigenvalue weighted by Gasteiger charge is -2.04. The second kappa shape index (κ2) is 6.76. The summed E-state index contributed by atoms with van der Waals surface area (Å²) in [6.45, 7) is 10.9. The van der Waals surface area contributed by atoms with Gasteiger partial charge in [0.15, 0.2) is 0 Å². The van der Waals surface area contributed by atoms with Gasteiger partial charge in [-0.15, -0.1) is 0 Å². The number of hydrogen-bond acceptors (Lipinski definition) is 2. The first-order valence-corrected chi connectivity index (χ1v) is 4.45. The van der Waals surface area contributed by atoms with Crippen molar-refractivity contribution in [3.63, 3.8) is 0 Å². The molecule has 1 rings (SSSR count). The van der Waals surface area contributed by atoms with Crippen molar-refractivity contribution in [1.82, 2.24) is 4.90 Å². The molecule has 0 atom stereocenters. The average Bonchev–Trinajstić information content (AvgIpc) is 2.44. The summed E-state index contributed by atoms with van der Waals surface area (Å²) < 4.78 is 0. The first kappa shape index (κ1) is 15.8. The molecule has 0 aromatic rings. The summed E-state index contributed by atoms with van der Waals surface area (Å²) in [5.41, 5.74) is 0.662. The van der Waals surface area contributed by atoms with E-state index in [1.165, 1.54) is 19.2 Å². The molecule has 0 saturated heterocycles. The summed E-state index contributed by atoms with van der Waals surface area (Å²) in [6.07, 6.45) is 2.75. The highest BCUT2D eigenvalue weighted by molar-refractivity contribution is 6.21. The largest absolute Gasteiger partial charge is 0.277 e. The fraction of sp³-hybridized carbons (Fsp3) is 0.333. The molecule has 0 radical (unpaired) electrons. The zero-order valence-electron chi connectivity index (χ0n) is 8.83. The van der Waals surface area contributed by atoms with Gasteiger partial charge in [0.1, 0.15) is 0 Å². The van der Waals surface area contributed by atoms with Gasteiger partial charge in [-0.2, -0.15) is 0 Å². The first-order chi connectivity index (χ1) is 6.63. The molecule has 1 aliphatic rings. The number of carbonyl (C=O) groups excluding carboxylic acids is 2. The molecule has 3 nitrogen and oxygen atoms in total. The molecule has 3 heteroatoms. The Labute approximate surface area is 91.8 Å². The normalized spacial score (nSPS) is 14.2. The third-order valence-electron chi connectivity index (χ3n) is 1.77. The van der Waals surface area contributed by atoms with Gasteiger partial charge >= 0.3 is 0 Å². The minimum atomic E-state index is -0.315. The quantitative estimate of drug-likeness (QED) is 0.654. The summed E-state index contributed by atoms with van der Waals surface area (Å²) in [6, 6.07) is 0. The van der Waals surface area contributed by atoms with E-state index < -0.39 is 0 Å². The van der Waals surface area contributed by atoms with E-state index in [-0.39, 0.29) is 19.2 Å². The Balaban J connectivity index is 0. The molecule has 0 aromatic carbocycles. The Bertz CT molecular complexity index is 284. The number of amides is 2. The average molecular weight is 209 g/mol. The maximum Gasteiger partial charge on any atom is 0.261 e. The molecule has 0 N–H and O–H groups in total. The van der Waals surface area contributed by atoms with Gasteiger partial charge in [-0.3, -0.25) is 14.5 Å². The Hall–Kier alpha value is -1.64. The van der Waals surface area contributed by atoms with E-state index in [0.29, 0.717) is 11.1 Å². The zero-order chi connectivity index (χ0) is 11.3. The van der Waals surface area contributed by atoms with Crippen molar-refractivity contribution < 1.29 is 9.59 Å². The summed E-state index contributed by atoms with van der Waals surface area (Å²) in [7, 11) is 1.44. The maximum atomic E-state index is 11.2. The van der Waals surface area contributed by atoms with Crippen molar-refractivity contribution in [3.8, 4) is 0 Å². The molecule has 2 amide bonds. The van der Waals surface area contributed by atoms with Gasteiger partial charge in [-0.05, 0) is 0 Å². The molecule has 0 unspecified atom stereocenters. The molecular formula is C12H19NO2. The molecule has 0 fully saturated rings. The van der Waals surface area contributed by atoms with E-state index in [4.69, 9.17) is 0 Å². The molecule has 1 aliphatic heterocycles. The molecule has 84 valence electrons. The fourth-order valence-corrected chi connectivity index (χ4v) is 1.08. The predicted molar refractivity (Wildman–Crippen MR) is 63.3 cm³/mol. The molecule has 0 aliphatic carbocycles. The lowest BCUT2D eigenvalue weighted by Crippen LogP contribution is -2.26. The van der Waals surface area contributed by atoms with E-state index in [1.54, 1.807) is 0 Å². The van der Waals surface area contributed by atoms with Crippen LogP contribution in [-0.2, 0) is 9.59 Å². The molecular weight excluding hydrogens is 190 g/mol. The molecule has 1 heterocycles. The fourth-order valence-electron chi connectivity index (χ4n) is 1.08. The smallest absolute Gasteiger partial charge is 0.261 e. The molecule has 0 aromatic heterocycles. The van der Waals surface area contributed by atoms with Crippen LogP contribution < -0.4 is 0 Å². The minimum Gasteiger partial charge on any atom is -0.277 e. The van der Waals surface area contributed by atoms with Gasteiger partial charge in [0.25, 0.3) is 11.8 Å². The van der Waals surface area contributed by atoms with Crippen molar-refractivity contribution in [3.05, 3.63) is 36.5 Å². The van der Waals surface area contributed by atoms with Gasteiger partial charge in [0.2, 0.25) is 0 Å². The third-order valence-corrected chi connectivity index (χ3v) is 1.77. The SMILES string of the molecule is C.C=CC1=C(C=C)C(=O)N(C)C1=O.CC. The van der Waals surface area contributed by atoms with Crippen LogP contribution in [0.1, 0.15) is 21.3 Å². The molecule has 0 spiro atoms. The number of imide groups is 1. The molecule has 15 heavy (non-hydrogen) atoms. The van der Waals surface area contributed by atoms with Crippen LogP contribution in [0.5, 0.6) is 0 Å². The van der Waals surface area contributed by atoms with Crippen LogP contribution in [0.3, 0.4) is 0 Å². The minimum absolute atomic E-state index is 0. The van der Waals surface area contributed by atoms with Gasteiger partial charge in [0.05, 0.1) is 11.1 Å². The Kier molecular flexibility index (Phi) is 7.13. The van der Waals surface area contributed by atoms with Crippen LogP contribution in [0.15, 0.2) is 36.5 Å². The van der Waals surface area contributed by atoms with E-state index in [9.17, 15) is 9.59 Å². The van der Waals surface area contributed by atoms with Crippen LogP contribution in [0.2, 0.25) is 0 Å². The monoisotopic (exact) mass is 209 g/mol. The van der Waals surface area contributed by atoms with Crippen molar-refractivity contribution in [2.45, 2.75) is 21.3 Å². The van der Waals surface area contributed by atoms with Crippen LogP contribution in [0.4, 0.5) is 0 Å². The molecule has 0 saturated carbocycles. The standard InChI is InChI=1S/C9H9NO2.C2H6.CH4/c1-4-6-7(5-2)9(12)10(3)8(6)11;1-2;/h4-5H,1-2H2,3H3;1-2H3;1H4. The Morgan fingerprint density at radius 2 is 1.27 bits per heavy atom. The lowest BCUT2D eigenvalue weighted by atomic mass is 10.1. The third kappa shape index (κ3) is 2.65. The van der Waals surface area contributed by atoms with Gasteiger partial charge < -0.3 is 0 Å². The summed E-state index contributed by atoms with van der Waals surface area (Å²) in [4.78, 5) is 23.5. The van der Waals surface area contributed by atoms with Crippen molar-refractivity contribution in [2.24, 2.45) is 0 Å². The summed E-state index contributed by atoms with van der Waals surface area (Å²) in [5, 5.41) is 0. The second-order valence-corrected chi connectivity index (χ2v) is 2.40. The Morgan fingerprint density at radius 3 is 1.47 bits per heavy atom. The lowest BCUT2D eigenvalue weighted by molar-refractivity contribution is -0.135. The predicted octanol–water partition coefficient (Wildman–Crippen LogP) is 2.32. The van der Waals surface area contributed by atoms with Crippen molar-refractivity contribution in [1.29, 1.82) is 0 Å². The van der Waals surface area contributed by atoms with Crippen LogP contribution in [-0.4, -0.2) is 23.8 Å². The number of rotatable bonds is 2. The topological polar surface area (TPSA) is 37.4 Å². The van der Waals surface area contributed by atoms with Gasteiger partial charge in [0, 0.05) is 7.05 Å². The van der Waals surface area contributed by atoms with Gasteiger partial charge in [-0.25, -0.2) is 0 Å². The van der Waals surface area contributed by atoms with E-state index in [0.717, 1.165) is 4.90 Å². The van der Waals surface area contributed by atoms with E-state index in [1.807, 2.05) is 13.8 Å². The van der Waals surface area contributed by atoms with E-state index in [2.05, 4.69) is 13.2 Å². The summed E-state index contributed by atoms with van der Waals surface area (Å²) >= 11 is 0. The summed E-state index contributed by atoms with van der Waals surface area (Å²) in [5.74, 6) is -0.630. The number of carbonyl (C=O) groups is 2. The zero-order valence-corrected chi connectivity index (χ0v) is 8.83. The Morgan fingerprint density at radius 1 is 1.00 bits per heavy atom.